The molecule has 1 unspecified atom stereocenters. The fraction of sp³-hybridized carbons (Fsp3) is 0.818. The van der Waals surface area contributed by atoms with Crippen LogP contribution in [0.15, 0.2) is 12.2 Å². The summed E-state index contributed by atoms with van der Waals surface area (Å²) in [6.45, 7) is 5.28. The minimum absolute atomic E-state index is 0.814. The Labute approximate surface area is 81.6 Å². The molecular formula is C11H22N2. The molecule has 1 saturated heterocycles. The van der Waals surface area contributed by atoms with Crippen LogP contribution >= 0.6 is 0 Å². The zero-order valence-corrected chi connectivity index (χ0v) is 8.63. The van der Waals surface area contributed by atoms with Crippen molar-refractivity contribution in [2.75, 3.05) is 19.6 Å². The van der Waals surface area contributed by atoms with E-state index in [2.05, 4.69) is 24.4 Å². The van der Waals surface area contributed by atoms with Gasteiger partial charge in [0.1, 0.15) is 0 Å². The number of nitrogens with one attached hydrogen (secondary N) is 1. The maximum Gasteiger partial charge on any atom is -0.00173 e. The maximum atomic E-state index is 5.56. The summed E-state index contributed by atoms with van der Waals surface area (Å²) in [4.78, 5) is 0. The third kappa shape index (κ3) is 3.92. The Balaban J connectivity index is 2.24. The lowest BCUT2D eigenvalue weighted by Crippen LogP contribution is -2.36. The molecule has 2 nitrogen and oxygen atoms in total. The first kappa shape index (κ1) is 10.7. The van der Waals surface area contributed by atoms with Crippen LogP contribution in [0.3, 0.4) is 0 Å². The Hall–Kier alpha value is -0.340. The Morgan fingerprint density at radius 2 is 2.15 bits per heavy atom. The summed E-state index contributed by atoms with van der Waals surface area (Å²) in [6, 6.07) is 0. The van der Waals surface area contributed by atoms with Crippen LogP contribution in [-0.2, 0) is 0 Å². The second kappa shape index (κ2) is 6.17. The number of allylic oxidation sites excluding steroid dienone is 2. The van der Waals surface area contributed by atoms with Gasteiger partial charge in [0, 0.05) is 0 Å². The minimum atomic E-state index is 0.814. The molecule has 13 heavy (non-hydrogen) atoms. The number of hydrogen-bond donors (Lipinski definition) is 2. The quantitative estimate of drug-likeness (QED) is 0.647. The second-order valence-electron chi connectivity index (χ2n) is 4.01. The fourth-order valence-corrected chi connectivity index (χ4v) is 2.09. The SMILES string of the molecule is C/C=C\CC1CNC[C@@H](CCN)C1. The first-order chi connectivity index (χ1) is 6.36. The van der Waals surface area contributed by atoms with E-state index in [0.29, 0.717) is 0 Å². The lowest BCUT2D eigenvalue weighted by molar-refractivity contribution is 0.278. The average molecular weight is 182 g/mol. The summed E-state index contributed by atoms with van der Waals surface area (Å²) in [5.41, 5.74) is 5.56. The molecule has 1 fully saturated rings. The molecule has 0 aromatic rings. The van der Waals surface area contributed by atoms with E-state index in [1.165, 1.54) is 32.4 Å². The van der Waals surface area contributed by atoms with E-state index < -0.39 is 0 Å². The van der Waals surface area contributed by atoms with Crippen LogP contribution in [0.25, 0.3) is 0 Å². The predicted octanol–water partition coefficient (Wildman–Crippen LogP) is 1.53. The Morgan fingerprint density at radius 1 is 1.38 bits per heavy atom. The van der Waals surface area contributed by atoms with E-state index in [0.717, 1.165) is 18.4 Å². The van der Waals surface area contributed by atoms with Gasteiger partial charge in [0.25, 0.3) is 0 Å². The molecule has 0 aromatic heterocycles. The van der Waals surface area contributed by atoms with Crippen molar-refractivity contribution in [2.24, 2.45) is 17.6 Å². The van der Waals surface area contributed by atoms with Gasteiger partial charge in [-0.15, -0.1) is 0 Å². The molecule has 0 radical (unpaired) electrons. The number of piperidine rings is 1. The van der Waals surface area contributed by atoms with Crippen molar-refractivity contribution in [3.63, 3.8) is 0 Å². The van der Waals surface area contributed by atoms with Gasteiger partial charge in [-0.3, -0.25) is 0 Å². The van der Waals surface area contributed by atoms with Crippen molar-refractivity contribution in [3.8, 4) is 0 Å². The molecule has 76 valence electrons. The van der Waals surface area contributed by atoms with Crippen molar-refractivity contribution >= 4 is 0 Å². The highest BCUT2D eigenvalue weighted by Gasteiger charge is 2.19. The highest BCUT2D eigenvalue weighted by atomic mass is 14.9. The number of rotatable bonds is 4. The van der Waals surface area contributed by atoms with Crippen molar-refractivity contribution in [3.05, 3.63) is 12.2 Å². The van der Waals surface area contributed by atoms with E-state index in [4.69, 9.17) is 5.73 Å². The molecular weight excluding hydrogens is 160 g/mol. The highest BCUT2D eigenvalue weighted by Crippen LogP contribution is 2.21. The standard InChI is InChI=1S/C11H22N2/c1-2-3-4-10-7-11(5-6-12)9-13-8-10/h2-3,10-11,13H,4-9,12H2,1H3/b3-2-/t10?,11-/m0/s1. The lowest BCUT2D eigenvalue weighted by atomic mass is 9.86. The molecule has 0 aliphatic carbocycles. The van der Waals surface area contributed by atoms with Crippen LogP contribution in [-0.4, -0.2) is 19.6 Å². The molecule has 1 heterocycles. The Kier molecular flexibility index (Phi) is 5.09. The highest BCUT2D eigenvalue weighted by molar-refractivity contribution is 4.85. The van der Waals surface area contributed by atoms with Gasteiger partial charge in [0.2, 0.25) is 0 Å². The lowest BCUT2D eigenvalue weighted by Gasteiger charge is -2.29. The van der Waals surface area contributed by atoms with Crippen molar-refractivity contribution in [1.29, 1.82) is 0 Å². The molecule has 0 saturated carbocycles. The maximum absolute atomic E-state index is 5.56. The Bertz CT molecular complexity index is 152. The summed E-state index contributed by atoms with van der Waals surface area (Å²) in [5, 5.41) is 3.49. The molecule has 1 aliphatic rings. The minimum Gasteiger partial charge on any atom is -0.330 e. The van der Waals surface area contributed by atoms with Crippen LogP contribution in [0.2, 0.25) is 0 Å². The molecule has 3 N–H and O–H groups in total. The Morgan fingerprint density at radius 3 is 2.85 bits per heavy atom. The molecule has 2 heteroatoms. The zero-order valence-electron chi connectivity index (χ0n) is 8.63. The van der Waals surface area contributed by atoms with Gasteiger partial charge < -0.3 is 11.1 Å². The topological polar surface area (TPSA) is 38.0 Å². The molecule has 0 aromatic carbocycles. The molecule has 1 aliphatic heterocycles. The van der Waals surface area contributed by atoms with Crippen LogP contribution in [0.4, 0.5) is 0 Å². The fourth-order valence-electron chi connectivity index (χ4n) is 2.09. The van der Waals surface area contributed by atoms with Crippen molar-refractivity contribution in [2.45, 2.75) is 26.2 Å². The van der Waals surface area contributed by atoms with Gasteiger partial charge in [0.15, 0.2) is 0 Å². The third-order valence-corrected chi connectivity index (χ3v) is 2.81. The van der Waals surface area contributed by atoms with E-state index in [-0.39, 0.29) is 0 Å². The largest absolute Gasteiger partial charge is 0.330 e. The summed E-state index contributed by atoms with van der Waals surface area (Å²) < 4.78 is 0. The van der Waals surface area contributed by atoms with E-state index >= 15 is 0 Å². The smallest absolute Gasteiger partial charge is 0.00173 e. The summed E-state index contributed by atoms with van der Waals surface area (Å²) in [7, 11) is 0. The number of nitrogens with two attached hydrogens (primary N) is 1. The molecule has 0 spiro atoms. The third-order valence-electron chi connectivity index (χ3n) is 2.81. The second-order valence-corrected chi connectivity index (χ2v) is 4.01. The molecule has 2 atom stereocenters. The first-order valence-electron chi connectivity index (χ1n) is 5.38. The van der Waals surface area contributed by atoms with Gasteiger partial charge >= 0.3 is 0 Å². The van der Waals surface area contributed by atoms with Gasteiger partial charge in [0.05, 0.1) is 0 Å². The monoisotopic (exact) mass is 182 g/mol. The first-order valence-corrected chi connectivity index (χ1v) is 5.38. The predicted molar refractivity (Wildman–Crippen MR) is 57.6 cm³/mol. The van der Waals surface area contributed by atoms with E-state index in [1.807, 2.05) is 0 Å². The molecule has 0 bridgehead atoms. The summed E-state index contributed by atoms with van der Waals surface area (Å²) in [5.74, 6) is 1.65. The van der Waals surface area contributed by atoms with Crippen LogP contribution in [0.5, 0.6) is 0 Å². The summed E-state index contributed by atoms with van der Waals surface area (Å²) in [6.07, 6.45) is 8.18. The van der Waals surface area contributed by atoms with Crippen molar-refractivity contribution < 1.29 is 0 Å². The van der Waals surface area contributed by atoms with Gasteiger partial charge in [-0.05, 0) is 57.7 Å². The van der Waals surface area contributed by atoms with Gasteiger partial charge in [-0.2, -0.15) is 0 Å². The average Bonchev–Trinajstić information content (AvgIpc) is 2.16. The normalized spacial score (nSPS) is 29.7. The van der Waals surface area contributed by atoms with Crippen LogP contribution in [0.1, 0.15) is 26.2 Å². The van der Waals surface area contributed by atoms with E-state index in [9.17, 15) is 0 Å². The zero-order chi connectivity index (χ0) is 9.52. The van der Waals surface area contributed by atoms with Crippen LogP contribution < -0.4 is 11.1 Å². The van der Waals surface area contributed by atoms with Crippen molar-refractivity contribution in [1.82, 2.24) is 5.32 Å². The number of hydrogen-bond acceptors (Lipinski definition) is 2. The molecule has 0 amide bonds. The van der Waals surface area contributed by atoms with E-state index in [1.54, 1.807) is 0 Å². The van der Waals surface area contributed by atoms with Crippen LogP contribution in [0, 0.1) is 11.8 Å². The van der Waals surface area contributed by atoms with Gasteiger partial charge in [-0.1, -0.05) is 12.2 Å². The van der Waals surface area contributed by atoms with Gasteiger partial charge in [-0.25, -0.2) is 0 Å². The molecule has 1 rings (SSSR count). The summed E-state index contributed by atoms with van der Waals surface area (Å²) >= 11 is 0.